The van der Waals surface area contributed by atoms with Crippen molar-refractivity contribution in [3.05, 3.63) is 29.8 Å². The molecule has 2 aliphatic rings. The second kappa shape index (κ2) is 11.9. The molecule has 3 rings (SSSR count). The number of ether oxygens (including phenoxy) is 1. The summed E-state index contributed by atoms with van der Waals surface area (Å²) < 4.78 is 5.33. The molecule has 8 nitrogen and oxygen atoms in total. The van der Waals surface area contributed by atoms with Crippen LogP contribution in [0.4, 0.5) is 10.5 Å². The first-order valence-electron chi connectivity index (χ1n) is 11.8. The number of benzene rings is 1. The summed E-state index contributed by atoms with van der Waals surface area (Å²) in [5.74, 6) is -0.00526. The Balaban J connectivity index is 1.50. The quantitative estimate of drug-likeness (QED) is 0.674. The summed E-state index contributed by atoms with van der Waals surface area (Å²) in [5.41, 5.74) is 1.02. The van der Waals surface area contributed by atoms with Crippen LogP contribution in [0.15, 0.2) is 24.3 Å². The molecule has 1 aromatic carbocycles. The van der Waals surface area contributed by atoms with E-state index in [9.17, 15) is 14.4 Å². The highest BCUT2D eigenvalue weighted by Gasteiger charge is 2.23. The third-order valence-electron chi connectivity index (χ3n) is 5.89. The van der Waals surface area contributed by atoms with Crippen molar-refractivity contribution in [2.45, 2.75) is 52.0 Å². The maximum Gasteiger partial charge on any atom is 0.409 e. The number of anilines is 1. The van der Waals surface area contributed by atoms with Crippen LogP contribution in [-0.4, -0.2) is 73.1 Å². The lowest BCUT2D eigenvalue weighted by molar-refractivity contribution is -0.117. The number of para-hydroxylation sites is 1. The van der Waals surface area contributed by atoms with E-state index in [-0.39, 0.29) is 30.5 Å². The fourth-order valence-electron chi connectivity index (χ4n) is 4.16. The highest BCUT2D eigenvalue weighted by atomic mass is 16.6. The third-order valence-corrected chi connectivity index (χ3v) is 5.89. The van der Waals surface area contributed by atoms with Crippen LogP contribution in [0.1, 0.15) is 56.3 Å². The SMILES string of the molecule is CC(C)COC(=O)N1CCCN(CC(=O)Nc2ccccc2C(=O)NC2CCCC2)CC1. The van der Waals surface area contributed by atoms with Crippen molar-refractivity contribution in [2.75, 3.05) is 44.6 Å². The topological polar surface area (TPSA) is 91.0 Å². The molecule has 0 spiro atoms. The summed E-state index contributed by atoms with van der Waals surface area (Å²) in [4.78, 5) is 41.4. The highest BCUT2D eigenvalue weighted by molar-refractivity contribution is 6.04. The maximum atomic E-state index is 12.7. The van der Waals surface area contributed by atoms with Gasteiger partial charge in [-0.15, -0.1) is 0 Å². The second-order valence-corrected chi connectivity index (χ2v) is 9.14. The molecule has 3 amide bonds. The molecule has 1 heterocycles. The molecule has 0 aromatic heterocycles. The van der Waals surface area contributed by atoms with Crippen LogP contribution in [0.2, 0.25) is 0 Å². The molecule has 32 heavy (non-hydrogen) atoms. The number of amides is 3. The first-order chi connectivity index (χ1) is 15.4. The second-order valence-electron chi connectivity index (χ2n) is 9.14. The Morgan fingerprint density at radius 3 is 2.53 bits per heavy atom. The molecular formula is C24H36N4O4. The molecule has 1 aliphatic carbocycles. The predicted molar refractivity (Wildman–Crippen MR) is 124 cm³/mol. The Labute approximate surface area is 190 Å². The fraction of sp³-hybridized carbons (Fsp3) is 0.625. The van der Waals surface area contributed by atoms with Crippen molar-refractivity contribution in [3.8, 4) is 0 Å². The van der Waals surface area contributed by atoms with E-state index in [0.717, 1.165) is 38.6 Å². The lowest BCUT2D eigenvalue weighted by Crippen LogP contribution is -2.38. The van der Waals surface area contributed by atoms with Gasteiger partial charge in [0.15, 0.2) is 0 Å². The van der Waals surface area contributed by atoms with Crippen molar-refractivity contribution in [1.82, 2.24) is 15.1 Å². The van der Waals surface area contributed by atoms with Crippen molar-refractivity contribution in [1.29, 1.82) is 0 Å². The molecule has 1 aliphatic heterocycles. The monoisotopic (exact) mass is 444 g/mol. The van der Waals surface area contributed by atoms with Crippen LogP contribution in [0.3, 0.4) is 0 Å². The molecule has 176 valence electrons. The van der Waals surface area contributed by atoms with Crippen LogP contribution in [0.5, 0.6) is 0 Å². The van der Waals surface area contributed by atoms with Gasteiger partial charge in [0.2, 0.25) is 5.91 Å². The van der Waals surface area contributed by atoms with Crippen molar-refractivity contribution >= 4 is 23.6 Å². The molecule has 1 saturated carbocycles. The number of carbonyl (C=O) groups is 3. The summed E-state index contributed by atoms with van der Waals surface area (Å²) in [7, 11) is 0. The molecule has 8 heteroatoms. The Hall–Kier alpha value is -2.61. The van der Waals surface area contributed by atoms with Crippen LogP contribution in [0.25, 0.3) is 0 Å². The molecule has 1 aromatic rings. The van der Waals surface area contributed by atoms with E-state index in [1.807, 2.05) is 24.8 Å². The molecule has 0 atom stereocenters. The van der Waals surface area contributed by atoms with Gasteiger partial charge in [0.25, 0.3) is 5.91 Å². The normalized spacial score (nSPS) is 17.8. The van der Waals surface area contributed by atoms with Crippen LogP contribution in [0, 0.1) is 5.92 Å². The van der Waals surface area contributed by atoms with E-state index in [2.05, 4.69) is 10.6 Å². The highest BCUT2D eigenvalue weighted by Crippen LogP contribution is 2.20. The van der Waals surface area contributed by atoms with Crippen molar-refractivity contribution in [2.24, 2.45) is 5.92 Å². The first kappa shape index (κ1) is 24.0. The number of nitrogens with one attached hydrogen (secondary N) is 2. The van der Waals surface area contributed by atoms with Gasteiger partial charge in [0, 0.05) is 32.2 Å². The van der Waals surface area contributed by atoms with E-state index in [4.69, 9.17) is 4.74 Å². The van der Waals surface area contributed by atoms with Gasteiger partial charge in [-0.3, -0.25) is 14.5 Å². The molecular weight excluding hydrogens is 408 g/mol. The van der Waals surface area contributed by atoms with E-state index in [1.165, 1.54) is 0 Å². The largest absolute Gasteiger partial charge is 0.449 e. The minimum atomic E-state index is -0.285. The third kappa shape index (κ3) is 7.22. The average molecular weight is 445 g/mol. The minimum absolute atomic E-state index is 0.141. The van der Waals surface area contributed by atoms with E-state index < -0.39 is 0 Å². The van der Waals surface area contributed by atoms with Gasteiger partial charge in [0.1, 0.15) is 0 Å². The Morgan fingerprint density at radius 2 is 1.78 bits per heavy atom. The van der Waals surface area contributed by atoms with Gasteiger partial charge in [-0.1, -0.05) is 38.8 Å². The number of hydrogen-bond donors (Lipinski definition) is 2. The lowest BCUT2D eigenvalue weighted by Gasteiger charge is -2.22. The molecule has 2 fully saturated rings. The Bertz CT molecular complexity index is 792. The zero-order valence-corrected chi connectivity index (χ0v) is 19.3. The average Bonchev–Trinajstić information content (AvgIpc) is 3.16. The Morgan fingerprint density at radius 1 is 1.03 bits per heavy atom. The van der Waals surface area contributed by atoms with Crippen molar-refractivity contribution in [3.63, 3.8) is 0 Å². The van der Waals surface area contributed by atoms with Crippen LogP contribution >= 0.6 is 0 Å². The molecule has 0 unspecified atom stereocenters. The maximum absolute atomic E-state index is 12.7. The summed E-state index contributed by atoms with van der Waals surface area (Å²) in [6, 6.07) is 7.34. The summed E-state index contributed by atoms with van der Waals surface area (Å²) in [5, 5.41) is 5.99. The van der Waals surface area contributed by atoms with Crippen molar-refractivity contribution < 1.29 is 19.1 Å². The zero-order valence-electron chi connectivity index (χ0n) is 19.3. The van der Waals surface area contributed by atoms with Crippen LogP contribution < -0.4 is 10.6 Å². The fourth-order valence-corrected chi connectivity index (χ4v) is 4.16. The Kier molecular flexibility index (Phi) is 8.90. The predicted octanol–water partition coefficient (Wildman–Crippen LogP) is 3.10. The summed E-state index contributed by atoms with van der Waals surface area (Å²) in [6.45, 7) is 7.13. The molecule has 0 radical (unpaired) electrons. The van der Waals surface area contributed by atoms with Gasteiger partial charge >= 0.3 is 6.09 Å². The van der Waals surface area contributed by atoms with Gasteiger partial charge in [-0.25, -0.2) is 4.79 Å². The van der Waals surface area contributed by atoms with E-state index in [0.29, 0.717) is 43.4 Å². The summed E-state index contributed by atoms with van der Waals surface area (Å²) >= 11 is 0. The van der Waals surface area contributed by atoms with Gasteiger partial charge in [-0.2, -0.15) is 0 Å². The molecule has 0 bridgehead atoms. The van der Waals surface area contributed by atoms with Gasteiger partial charge in [-0.05, 0) is 37.3 Å². The molecule has 2 N–H and O–H groups in total. The van der Waals surface area contributed by atoms with Gasteiger partial charge < -0.3 is 20.3 Å². The number of nitrogens with zero attached hydrogens (tertiary/aromatic N) is 2. The zero-order chi connectivity index (χ0) is 22.9. The summed E-state index contributed by atoms with van der Waals surface area (Å²) in [6.07, 6.45) is 4.81. The number of hydrogen-bond acceptors (Lipinski definition) is 5. The number of carbonyl (C=O) groups excluding carboxylic acids is 3. The van der Waals surface area contributed by atoms with E-state index in [1.54, 1.807) is 23.1 Å². The van der Waals surface area contributed by atoms with Crippen LogP contribution in [-0.2, 0) is 9.53 Å². The van der Waals surface area contributed by atoms with E-state index >= 15 is 0 Å². The smallest absolute Gasteiger partial charge is 0.409 e. The lowest BCUT2D eigenvalue weighted by atomic mass is 10.1. The first-order valence-corrected chi connectivity index (χ1v) is 11.8. The standard InChI is InChI=1S/C24H36N4O4/c1-18(2)17-32-24(31)28-13-7-12-27(14-15-28)16-22(29)26-21-11-6-5-10-20(21)23(30)25-19-8-3-4-9-19/h5-6,10-11,18-19H,3-4,7-9,12-17H2,1-2H3,(H,25,30)(H,26,29). The van der Waals surface area contributed by atoms with Gasteiger partial charge in [0.05, 0.1) is 24.4 Å². The molecule has 1 saturated heterocycles. The minimum Gasteiger partial charge on any atom is -0.449 e. The number of rotatable bonds is 7.